The quantitative estimate of drug-likeness (QED) is 0.760. The molecule has 0 aromatic heterocycles. The van der Waals surface area contributed by atoms with E-state index in [9.17, 15) is 9.59 Å². The van der Waals surface area contributed by atoms with Crippen LogP contribution in [0.3, 0.4) is 0 Å². The number of benzene rings is 1. The van der Waals surface area contributed by atoms with Gasteiger partial charge in [0.15, 0.2) is 0 Å². The van der Waals surface area contributed by atoms with Crippen LogP contribution in [-0.2, 0) is 11.2 Å². The van der Waals surface area contributed by atoms with E-state index in [4.69, 9.17) is 4.74 Å². The molecule has 0 bridgehead atoms. The molecule has 1 saturated heterocycles. The largest absolute Gasteiger partial charge is 0.491 e. The molecule has 0 spiro atoms. The number of carbonyl (C=O) groups is 2. The zero-order valence-corrected chi connectivity index (χ0v) is 17.0. The van der Waals surface area contributed by atoms with Crippen LogP contribution in [-0.4, -0.2) is 60.6 Å². The van der Waals surface area contributed by atoms with Crippen LogP contribution >= 0.6 is 0 Å². The fourth-order valence-corrected chi connectivity index (χ4v) is 3.12. The summed E-state index contributed by atoms with van der Waals surface area (Å²) < 4.78 is 5.65. The third-order valence-electron chi connectivity index (χ3n) is 4.71. The fraction of sp³-hybridized carbons (Fsp3) is 0.619. The molecular formula is C21H33N3O3. The number of ether oxygens (including phenoxy) is 1. The molecule has 3 amide bonds. The summed E-state index contributed by atoms with van der Waals surface area (Å²) in [7, 11) is 1.67. The Hall–Kier alpha value is -2.24. The summed E-state index contributed by atoms with van der Waals surface area (Å²) in [4.78, 5) is 27.7. The molecule has 1 aliphatic rings. The minimum atomic E-state index is -0.198. The lowest BCUT2D eigenvalue weighted by Crippen LogP contribution is -2.46. The molecule has 1 N–H and O–H groups in total. The van der Waals surface area contributed by atoms with Gasteiger partial charge in [-0.3, -0.25) is 4.79 Å². The second kappa shape index (κ2) is 10.2. The minimum Gasteiger partial charge on any atom is -0.491 e. The average Bonchev–Trinajstić information content (AvgIpc) is 3.15. The molecule has 1 aromatic carbocycles. The van der Waals surface area contributed by atoms with E-state index in [2.05, 4.69) is 17.4 Å². The first kappa shape index (κ1) is 21.1. The molecule has 150 valence electrons. The number of likely N-dealkylation sites (N-methyl/N-ethyl adjacent to an activating group) is 1. The first-order valence-electron chi connectivity index (χ1n) is 9.90. The molecule has 0 radical (unpaired) electrons. The Kier molecular flexibility index (Phi) is 7.95. The summed E-state index contributed by atoms with van der Waals surface area (Å²) in [5, 5.41) is 2.97. The highest BCUT2D eigenvalue weighted by Crippen LogP contribution is 2.15. The van der Waals surface area contributed by atoms with Crippen molar-refractivity contribution in [3.05, 3.63) is 29.8 Å². The van der Waals surface area contributed by atoms with Crippen molar-refractivity contribution < 1.29 is 14.3 Å². The highest BCUT2D eigenvalue weighted by atomic mass is 16.5. The van der Waals surface area contributed by atoms with E-state index in [1.54, 1.807) is 7.05 Å². The second-order valence-electron chi connectivity index (χ2n) is 7.64. The first-order valence-corrected chi connectivity index (χ1v) is 9.90. The van der Waals surface area contributed by atoms with Crippen LogP contribution in [0.4, 0.5) is 4.79 Å². The number of hydrogen-bond donors (Lipinski definition) is 1. The molecule has 2 rings (SSSR count). The van der Waals surface area contributed by atoms with Crippen LogP contribution in [0.1, 0.15) is 45.6 Å². The van der Waals surface area contributed by atoms with Crippen molar-refractivity contribution >= 4 is 11.9 Å². The first-order chi connectivity index (χ1) is 12.8. The summed E-state index contributed by atoms with van der Waals surface area (Å²) >= 11 is 0. The van der Waals surface area contributed by atoms with E-state index in [0.717, 1.165) is 44.5 Å². The molecule has 1 atom stereocenters. The lowest BCUT2D eigenvalue weighted by atomic mass is 10.1. The van der Waals surface area contributed by atoms with Gasteiger partial charge in [-0.15, -0.1) is 0 Å². The zero-order valence-electron chi connectivity index (χ0n) is 17.0. The Bertz CT molecular complexity index is 610. The number of nitrogens with zero attached hydrogens (tertiary/aromatic N) is 2. The van der Waals surface area contributed by atoms with Crippen LogP contribution < -0.4 is 10.1 Å². The number of likely N-dealkylation sites (tertiary alicyclic amines) is 1. The average molecular weight is 376 g/mol. The SMILES string of the molecule is CC(CCc1ccc(OC(C)C)cc1)NC(=O)N(C)CC(=O)N1CCCC1. The Morgan fingerprint density at radius 2 is 1.78 bits per heavy atom. The van der Waals surface area contributed by atoms with E-state index in [0.29, 0.717) is 0 Å². The molecule has 27 heavy (non-hydrogen) atoms. The normalized spacial score (nSPS) is 14.9. The van der Waals surface area contributed by atoms with Gasteiger partial charge in [0.05, 0.1) is 6.10 Å². The van der Waals surface area contributed by atoms with Crippen LogP contribution in [0.25, 0.3) is 0 Å². The molecule has 1 fully saturated rings. The van der Waals surface area contributed by atoms with Crippen molar-refractivity contribution in [3.63, 3.8) is 0 Å². The molecule has 0 aliphatic carbocycles. The smallest absolute Gasteiger partial charge is 0.317 e. The summed E-state index contributed by atoms with van der Waals surface area (Å²) in [6.07, 6.45) is 4.00. The Morgan fingerprint density at radius 1 is 1.15 bits per heavy atom. The number of carbonyl (C=O) groups excluding carboxylic acids is 2. The summed E-state index contributed by atoms with van der Waals surface area (Å²) in [6, 6.07) is 7.93. The van der Waals surface area contributed by atoms with Crippen molar-refractivity contribution in [2.24, 2.45) is 0 Å². The maximum absolute atomic E-state index is 12.3. The molecular weight excluding hydrogens is 342 g/mol. The number of amides is 3. The third kappa shape index (κ3) is 7.12. The van der Waals surface area contributed by atoms with E-state index in [-0.39, 0.29) is 30.6 Å². The van der Waals surface area contributed by atoms with Crippen molar-refractivity contribution in [1.29, 1.82) is 0 Å². The van der Waals surface area contributed by atoms with Gasteiger partial charge >= 0.3 is 6.03 Å². The van der Waals surface area contributed by atoms with E-state index < -0.39 is 0 Å². The lowest BCUT2D eigenvalue weighted by Gasteiger charge is -2.23. The maximum Gasteiger partial charge on any atom is 0.317 e. The predicted molar refractivity (Wildman–Crippen MR) is 107 cm³/mol. The van der Waals surface area contributed by atoms with Crippen molar-refractivity contribution in [2.75, 3.05) is 26.7 Å². The van der Waals surface area contributed by atoms with Gasteiger partial charge in [-0.1, -0.05) is 12.1 Å². The van der Waals surface area contributed by atoms with E-state index >= 15 is 0 Å². The summed E-state index contributed by atoms with van der Waals surface area (Å²) in [6.45, 7) is 7.76. The van der Waals surface area contributed by atoms with Crippen LogP contribution in [0.2, 0.25) is 0 Å². The Balaban J connectivity index is 1.71. The van der Waals surface area contributed by atoms with Gasteiger partial charge in [0.25, 0.3) is 0 Å². The standard InChI is InChI=1S/C21H33N3O3/c1-16(2)27-19-11-9-18(10-12-19)8-7-17(3)22-21(26)23(4)15-20(25)24-13-5-6-14-24/h9-12,16-17H,5-8,13-15H2,1-4H3,(H,22,26). The Labute approximate surface area is 162 Å². The van der Waals surface area contributed by atoms with Crippen molar-refractivity contribution in [3.8, 4) is 5.75 Å². The van der Waals surface area contributed by atoms with Gasteiger partial charge in [-0.05, 0) is 64.2 Å². The molecule has 1 unspecified atom stereocenters. The van der Waals surface area contributed by atoms with Crippen LogP contribution in [0.15, 0.2) is 24.3 Å². The second-order valence-corrected chi connectivity index (χ2v) is 7.64. The summed E-state index contributed by atoms with van der Waals surface area (Å²) in [5.41, 5.74) is 1.21. The highest BCUT2D eigenvalue weighted by Gasteiger charge is 2.21. The monoisotopic (exact) mass is 375 g/mol. The molecule has 1 heterocycles. The third-order valence-corrected chi connectivity index (χ3v) is 4.71. The summed E-state index contributed by atoms with van der Waals surface area (Å²) in [5.74, 6) is 0.904. The molecule has 1 aliphatic heterocycles. The Morgan fingerprint density at radius 3 is 2.37 bits per heavy atom. The highest BCUT2D eigenvalue weighted by molar-refractivity contribution is 5.84. The van der Waals surface area contributed by atoms with Crippen molar-refractivity contribution in [2.45, 2.75) is 58.6 Å². The van der Waals surface area contributed by atoms with Gasteiger partial charge in [-0.25, -0.2) is 4.79 Å². The molecule has 6 heteroatoms. The number of hydrogen-bond acceptors (Lipinski definition) is 3. The van der Waals surface area contributed by atoms with Crippen molar-refractivity contribution in [1.82, 2.24) is 15.1 Å². The van der Waals surface area contributed by atoms with Gasteiger partial charge in [0, 0.05) is 26.2 Å². The van der Waals surface area contributed by atoms with Crippen LogP contribution in [0.5, 0.6) is 5.75 Å². The molecule has 0 saturated carbocycles. The van der Waals surface area contributed by atoms with Gasteiger partial charge < -0.3 is 19.9 Å². The number of rotatable bonds is 8. The fourth-order valence-electron chi connectivity index (χ4n) is 3.12. The number of aryl methyl sites for hydroxylation is 1. The topological polar surface area (TPSA) is 61.9 Å². The van der Waals surface area contributed by atoms with E-state index in [1.165, 1.54) is 10.5 Å². The van der Waals surface area contributed by atoms with Gasteiger partial charge in [0.1, 0.15) is 12.3 Å². The molecule has 6 nitrogen and oxygen atoms in total. The lowest BCUT2D eigenvalue weighted by molar-refractivity contribution is -0.130. The number of urea groups is 1. The molecule has 1 aromatic rings. The number of nitrogens with one attached hydrogen (secondary N) is 1. The maximum atomic E-state index is 12.3. The van der Waals surface area contributed by atoms with Crippen LogP contribution in [0, 0.1) is 0 Å². The zero-order chi connectivity index (χ0) is 19.8. The minimum absolute atomic E-state index is 0.0292. The van der Waals surface area contributed by atoms with E-state index in [1.807, 2.05) is 37.8 Å². The predicted octanol–water partition coefficient (Wildman–Crippen LogP) is 3.06. The van der Waals surface area contributed by atoms with Gasteiger partial charge in [-0.2, -0.15) is 0 Å². The van der Waals surface area contributed by atoms with Gasteiger partial charge in [0.2, 0.25) is 5.91 Å².